The number of allylic oxidation sites excluding steroid dienone is 1. The van der Waals surface area contributed by atoms with Crippen molar-refractivity contribution in [2.75, 3.05) is 51.1 Å². The fraction of sp³-hybridized carbons (Fsp3) is 0.324. The van der Waals surface area contributed by atoms with Gasteiger partial charge in [0.2, 0.25) is 5.91 Å². The van der Waals surface area contributed by atoms with Crippen molar-refractivity contribution in [2.24, 2.45) is 0 Å². The summed E-state index contributed by atoms with van der Waals surface area (Å²) in [6.07, 6.45) is 1.84. The number of hydrogen-bond donors (Lipinski definition) is 1. The van der Waals surface area contributed by atoms with Crippen LogP contribution >= 0.6 is 12.4 Å². The largest absolute Gasteiger partial charge is 0.496 e. The maximum absolute atomic E-state index is 15.9. The molecule has 3 aromatic rings. The summed E-state index contributed by atoms with van der Waals surface area (Å²) in [5.74, 6) is -4.94. The molecule has 8 nitrogen and oxygen atoms in total. The molecule has 11 heteroatoms. The van der Waals surface area contributed by atoms with Crippen molar-refractivity contribution in [3.63, 3.8) is 0 Å². The summed E-state index contributed by atoms with van der Waals surface area (Å²) in [7, 11) is 5.36. The summed E-state index contributed by atoms with van der Waals surface area (Å²) in [6.45, 7) is 0.607. The minimum Gasteiger partial charge on any atom is -0.496 e. The third kappa shape index (κ3) is 7.18. The topological polar surface area (TPSA) is 82.2 Å². The predicted octanol–water partition coefficient (Wildman–Crippen LogP) is 5.99. The Morgan fingerprint density at radius 2 is 1.60 bits per heavy atom. The number of alkyl halides is 2. The predicted molar refractivity (Wildman–Crippen MR) is 174 cm³/mol. The molecule has 1 fully saturated rings. The van der Waals surface area contributed by atoms with E-state index in [0.29, 0.717) is 24.8 Å². The second-order valence-electron chi connectivity index (χ2n) is 11.2. The third-order valence-corrected chi connectivity index (χ3v) is 8.28. The van der Waals surface area contributed by atoms with Crippen LogP contribution in [0.4, 0.5) is 20.2 Å². The molecule has 2 heterocycles. The molecule has 1 N–H and O–H groups in total. The van der Waals surface area contributed by atoms with Gasteiger partial charge >= 0.3 is 0 Å². The summed E-state index contributed by atoms with van der Waals surface area (Å²) in [6, 6.07) is 20.1. The maximum Gasteiger partial charge on any atom is 0.275 e. The van der Waals surface area contributed by atoms with Gasteiger partial charge in [0.1, 0.15) is 5.75 Å². The van der Waals surface area contributed by atoms with Gasteiger partial charge in [-0.05, 0) is 57.3 Å². The summed E-state index contributed by atoms with van der Waals surface area (Å²) in [5.41, 5.74) is 0.409. The lowest BCUT2D eigenvalue weighted by atomic mass is 9.96. The highest BCUT2D eigenvalue weighted by atomic mass is 35.5. The quantitative estimate of drug-likeness (QED) is 0.336. The number of anilines is 2. The second kappa shape index (κ2) is 14.2. The monoisotopic (exact) mass is 638 g/mol. The molecule has 0 saturated carbocycles. The van der Waals surface area contributed by atoms with Gasteiger partial charge in [-0.25, -0.2) is 8.78 Å². The zero-order valence-electron chi connectivity index (χ0n) is 25.5. The molecule has 45 heavy (non-hydrogen) atoms. The van der Waals surface area contributed by atoms with Gasteiger partial charge in [0.25, 0.3) is 17.7 Å². The van der Waals surface area contributed by atoms with Crippen molar-refractivity contribution in [1.29, 1.82) is 0 Å². The molecule has 0 aliphatic carbocycles. The molecule has 0 radical (unpaired) electrons. The van der Waals surface area contributed by atoms with E-state index in [1.807, 2.05) is 20.2 Å². The average Bonchev–Trinajstić information content (AvgIpc) is 3.14. The van der Waals surface area contributed by atoms with E-state index in [-0.39, 0.29) is 47.1 Å². The van der Waals surface area contributed by atoms with Crippen LogP contribution < -0.4 is 15.0 Å². The van der Waals surface area contributed by atoms with Crippen LogP contribution in [0.15, 0.2) is 78.9 Å². The van der Waals surface area contributed by atoms with Crippen molar-refractivity contribution in [2.45, 2.75) is 31.2 Å². The standard InChI is InChI=1S/C34H36F2N4O4.ClH/c1-38(2)24-16-19-39(20-17-24)30(41)22-27-25-12-7-8-14-28(25)40(21-18-34(27,35)36)33(43)31-26(13-9-15-29(31)44-3)32(42)37-23-10-5-4-6-11-23;/h4-15,22,24H,16-21H2,1-3H3,(H,37,42);1H. The molecule has 0 unspecified atom stereocenters. The number of para-hydroxylation sites is 2. The third-order valence-electron chi connectivity index (χ3n) is 8.28. The van der Waals surface area contributed by atoms with Gasteiger partial charge in [0, 0.05) is 55.0 Å². The molecule has 1 saturated heterocycles. The number of likely N-dealkylation sites (tertiary alicyclic amines) is 1. The number of carbonyl (C=O) groups is 3. The minimum atomic E-state index is -3.39. The minimum absolute atomic E-state index is 0. The van der Waals surface area contributed by atoms with Gasteiger partial charge in [-0.15, -0.1) is 12.4 Å². The number of methoxy groups -OCH3 is 1. The number of fused-ring (bicyclic) bond motifs is 1. The zero-order chi connectivity index (χ0) is 31.4. The van der Waals surface area contributed by atoms with Crippen molar-refractivity contribution < 1.29 is 27.9 Å². The summed E-state index contributed by atoms with van der Waals surface area (Å²) in [4.78, 5) is 45.9. The Kier molecular flexibility index (Phi) is 10.6. The van der Waals surface area contributed by atoms with Gasteiger partial charge in [-0.2, -0.15) is 0 Å². The number of benzene rings is 3. The Morgan fingerprint density at radius 1 is 0.933 bits per heavy atom. The van der Waals surface area contributed by atoms with Gasteiger partial charge in [0.05, 0.1) is 23.9 Å². The smallest absolute Gasteiger partial charge is 0.275 e. The molecule has 3 aromatic carbocycles. The lowest BCUT2D eigenvalue weighted by Gasteiger charge is -2.35. The highest BCUT2D eigenvalue weighted by Crippen LogP contribution is 2.44. The van der Waals surface area contributed by atoms with Gasteiger partial charge in [0.15, 0.2) is 0 Å². The van der Waals surface area contributed by atoms with Crippen molar-refractivity contribution in [3.8, 4) is 5.75 Å². The van der Waals surface area contributed by atoms with Crippen LogP contribution in [0.25, 0.3) is 5.57 Å². The lowest BCUT2D eigenvalue weighted by molar-refractivity contribution is -0.127. The first-order valence-electron chi connectivity index (χ1n) is 14.6. The number of amides is 3. The number of nitrogens with zero attached hydrogens (tertiary/aromatic N) is 3. The van der Waals surface area contributed by atoms with Crippen molar-refractivity contribution >= 4 is 47.1 Å². The molecule has 2 aliphatic heterocycles. The highest BCUT2D eigenvalue weighted by Gasteiger charge is 2.42. The number of halogens is 3. The first-order valence-corrected chi connectivity index (χ1v) is 14.6. The Hall–Kier alpha value is -4.28. The van der Waals surface area contributed by atoms with Crippen LogP contribution in [0.3, 0.4) is 0 Å². The van der Waals surface area contributed by atoms with Crippen LogP contribution in [0.2, 0.25) is 0 Å². The molecular weight excluding hydrogens is 602 g/mol. The van der Waals surface area contributed by atoms with Crippen molar-refractivity contribution in [3.05, 3.63) is 95.6 Å². The van der Waals surface area contributed by atoms with Gasteiger partial charge < -0.3 is 24.8 Å². The number of piperidine rings is 1. The molecule has 3 amide bonds. The number of ether oxygens (including phenoxy) is 1. The van der Waals surface area contributed by atoms with E-state index in [9.17, 15) is 14.4 Å². The molecule has 0 aromatic heterocycles. The highest BCUT2D eigenvalue weighted by molar-refractivity contribution is 6.18. The molecule has 238 valence electrons. The van der Waals surface area contributed by atoms with E-state index in [4.69, 9.17) is 4.74 Å². The molecule has 0 bridgehead atoms. The first kappa shape index (κ1) is 33.6. The van der Waals surface area contributed by atoms with E-state index in [1.54, 1.807) is 59.5 Å². The first-order chi connectivity index (χ1) is 21.1. The van der Waals surface area contributed by atoms with E-state index < -0.39 is 35.6 Å². The summed E-state index contributed by atoms with van der Waals surface area (Å²) < 4.78 is 37.2. The van der Waals surface area contributed by atoms with Crippen LogP contribution in [-0.2, 0) is 4.79 Å². The summed E-state index contributed by atoms with van der Waals surface area (Å²) >= 11 is 0. The van der Waals surface area contributed by atoms with Crippen LogP contribution in [0, 0.1) is 0 Å². The number of carbonyl (C=O) groups excluding carboxylic acids is 3. The SMILES string of the molecule is COc1cccc(C(=O)Nc2ccccc2)c1C(=O)N1CCC(F)(F)C(=CC(=O)N2CCC(N(C)C)CC2)c2ccccc21.Cl. The lowest BCUT2D eigenvalue weighted by Crippen LogP contribution is -2.44. The van der Waals surface area contributed by atoms with Crippen LogP contribution in [0.5, 0.6) is 5.75 Å². The Balaban J connectivity index is 0.00000461. The van der Waals surface area contributed by atoms with E-state index >= 15 is 8.78 Å². The maximum atomic E-state index is 15.9. The van der Waals surface area contributed by atoms with E-state index in [1.165, 1.54) is 24.1 Å². The number of rotatable bonds is 6. The Labute approximate surface area is 268 Å². The normalized spacial score (nSPS) is 17.2. The molecule has 5 rings (SSSR count). The van der Waals surface area contributed by atoms with E-state index in [0.717, 1.165) is 18.9 Å². The number of nitrogens with one attached hydrogen (secondary N) is 1. The van der Waals surface area contributed by atoms with Crippen LogP contribution in [0.1, 0.15) is 45.5 Å². The zero-order valence-corrected chi connectivity index (χ0v) is 26.3. The molecule has 2 aliphatic rings. The van der Waals surface area contributed by atoms with Gasteiger partial charge in [-0.1, -0.05) is 42.5 Å². The summed E-state index contributed by atoms with van der Waals surface area (Å²) in [5, 5.41) is 2.78. The molecule has 0 atom stereocenters. The average molecular weight is 639 g/mol. The Bertz CT molecular complexity index is 1570. The fourth-order valence-corrected chi connectivity index (χ4v) is 5.82. The number of hydrogen-bond acceptors (Lipinski definition) is 5. The fourth-order valence-electron chi connectivity index (χ4n) is 5.82. The van der Waals surface area contributed by atoms with Crippen molar-refractivity contribution in [1.82, 2.24) is 9.80 Å². The van der Waals surface area contributed by atoms with E-state index in [2.05, 4.69) is 10.2 Å². The van der Waals surface area contributed by atoms with Crippen LogP contribution in [-0.4, -0.2) is 80.3 Å². The Morgan fingerprint density at radius 3 is 2.27 bits per heavy atom. The molecule has 0 spiro atoms. The second-order valence-corrected chi connectivity index (χ2v) is 11.2. The molecular formula is C34H37ClF2N4O4. The van der Waals surface area contributed by atoms with Gasteiger partial charge in [-0.3, -0.25) is 14.4 Å².